The Bertz CT molecular complexity index is 1320. The molecule has 126 valence electrons. The molecule has 5 nitrogen and oxygen atoms in total. The summed E-state index contributed by atoms with van der Waals surface area (Å²) >= 11 is 7.31. The summed E-state index contributed by atoms with van der Waals surface area (Å²) in [5, 5.41) is 6.92. The molecule has 3 aromatic heterocycles. The SMILES string of the molecule is O=c1c(-n2ccc3ccccc32)cnc2sc(-c3ccc(Cl)cc3)nn12. The molecule has 0 saturated heterocycles. The molecule has 0 fully saturated rings. The van der Waals surface area contributed by atoms with E-state index in [4.69, 9.17) is 11.6 Å². The summed E-state index contributed by atoms with van der Waals surface area (Å²) in [5.74, 6) is 0. The van der Waals surface area contributed by atoms with Gasteiger partial charge in [-0.15, -0.1) is 0 Å². The van der Waals surface area contributed by atoms with E-state index in [2.05, 4.69) is 10.1 Å². The van der Waals surface area contributed by atoms with Crippen LogP contribution in [0.1, 0.15) is 0 Å². The fourth-order valence-corrected chi connectivity index (χ4v) is 3.94. The van der Waals surface area contributed by atoms with Crippen LogP contribution in [0, 0.1) is 0 Å². The first-order valence-electron chi connectivity index (χ1n) is 7.92. The number of nitrogens with zero attached hydrogens (tertiary/aromatic N) is 4. The van der Waals surface area contributed by atoms with Crippen molar-refractivity contribution in [3.05, 3.63) is 82.4 Å². The third-order valence-corrected chi connectivity index (χ3v) is 5.44. The van der Waals surface area contributed by atoms with Gasteiger partial charge in [-0.05, 0) is 29.7 Å². The Morgan fingerprint density at radius 3 is 2.65 bits per heavy atom. The predicted octanol–water partition coefficient (Wildman–Crippen LogP) is 4.42. The van der Waals surface area contributed by atoms with Crippen molar-refractivity contribution >= 4 is 38.8 Å². The number of aromatic nitrogens is 4. The lowest BCUT2D eigenvalue weighted by Gasteiger charge is -2.03. The normalized spacial score (nSPS) is 11.4. The van der Waals surface area contributed by atoms with E-state index in [1.165, 1.54) is 15.9 Å². The minimum atomic E-state index is -0.201. The maximum Gasteiger partial charge on any atom is 0.299 e. The molecular formula is C19H11ClN4OS. The molecular weight excluding hydrogens is 368 g/mol. The Labute approximate surface area is 156 Å². The molecule has 2 aromatic carbocycles. The third kappa shape index (κ3) is 2.34. The molecule has 3 heterocycles. The van der Waals surface area contributed by atoms with Gasteiger partial charge in [-0.25, -0.2) is 4.98 Å². The first-order chi connectivity index (χ1) is 12.7. The second-order valence-electron chi connectivity index (χ2n) is 5.80. The summed E-state index contributed by atoms with van der Waals surface area (Å²) in [7, 11) is 0. The first-order valence-corrected chi connectivity index (χ1v) is 9.11. The molecule has 0 amide bonds. The van der Waals surface area contributed by atoms with E-state index in [0.717, 1.165) is 21.5 Å². The highest BCUT2D eigenvalue weighted by atomic mass is 35.5. The van der Waals surface area contributed by atoms with Gasteiger partial charge in [0.15, 0.2) is 0 Å². The molecule has 5 rings (SSSR count). The van der Waals surface area contributed by atoms with Gasteiger partial charge in [0.1, 0.15) is 10.7 Å². The van der Waals surface area contributed by atoms with Crippen LogP contribution < -0.4 is 5.56 Å². The quantitative estimate of drug-likeness (QED) is 0.457. The topological polar surface area (TPSA) is 52.2 Å². The van der Waals surface area contributed by atoms with Gasteiger partial charge in [0.05, 0.1) is 11.7 Å². The third-order valence-electron chi connectivity index (χ3n) is 4.22. The molecule has 0 bridgehead atoms. The molecule has 0 aliphatic rings. The van der Waals surface area contributed by atoms with E-state index in [1.807, 2.05) is 53.2 Å². The van der Waals surface area contributed by atoms with Crippen LogP contribution in [-0.4, -0.2) is 19.2 Å². The van der Waals surface area contributed by atoms with Crippen LogP contribution in [0.4, 0.5) is 0 Å². The maximum atomic E-state index is 13.0. The van der Waals surface area contributed by atoms with Crippen molar-refractivity contribution in [2.24, 2.45) is 0 Å². The Kier molecular flexibility index (Phi) is 3.41. The molecule has 0 N–H and O–H groups in total. The highest BCUT2D eigenvalue weighted by Crippen LogP contribution is 2.26. The van der Waals surface area contributed by atoms with Gasteiger partial charge in [-0.1, -0.05) is 53.3 Å². The number of para-hydroxylation sites is 1. The Hall–Kier alpha value is -2.96. The minimum absolute atomic E-state index is 0.201. The zero-order valence-electron chi connectivity index (χ0n) is 13.3. The summed E-state index contributed by atoms with van der Waals surface area (Å²) < 4.78 is 3.21. The average Bonchev–Trinajstić information content (AvgIpc) is 3.28. The molecule has 0 atom stereocenters. The molecule has 0 aliphatic heterocycles. The van der Waals surface area contributed by atoms with Crippen molar-refractivity contribution < 1.29 is 0 Å². The summed E-state index contributed by atoms with van der Waals surface area (Å²) in [6.45, 7) is 0. The lowest BCUT2D eigenvalue weighted by Crippen LogP contribution is -2.20. The van der Waals surface area contributed by atoms with E-state index >= 15 is 0 Å². The van der Waals surface area contributed by atoms with E-state index in [-0.39, 0.29) is 5.56 Å². The van der Waals surface area contributed by atoms with E-state index < -0.39 is 0 Å². The van der Waals surface area contributed by atoms with Crippen LogP contribution in [-0.2, 0) is 0 Å². The monoisotopic (exact) mass is 378 g/mol. The molecule has 5 aromatic rings. The van der Waals surface area contributed by atoms with Gasteiger partial charge in [0.25, 0.3) is 5.56 Å². The molecule has 0 aliphatic carbocycles. The number of fused-ring (bicyclic) bond motifs is 2. The number of rotatable bonds is 2. The fraction of sp³-hybridized carbons (Fsp3) is 0. The predicted molar refractivity (Wildman–Crippen MR) is 104 cm³/mol. The Morgan fingerprint density at radius 2 is 1.81 bits per heavy atom. The lowest BCUT2D eigenvalue weighted by molar-refractivity contribution is 0.879. The second kappa shape index (κ2) is 5.79. The molecule has 0 radical (unpaired) electrons. The summed E-state index contributed by atoms with van der Waals surface area (Å²) in [6.07, 6.45) is 3.48. The van der Waals surface area contributed by atoms with Gasteiger partial charge in [0.2, 0.25) is 4.96 Å². The summed E-state index contributed by atoms with van der Waals surface area (Å²) in [4.78, 5) is 18.0. The smallest absolute Gasteiger partial charge is 0.299 e. The van der Waals surface area contributed by atoms with Crippen molar-refractivity contribution in [2.45, 2.75) is 0 Å². The van der Waals surface area contributed by atoms with E-state index in [1.54, 1.807) is 18.3 Å². The lowest BCUT2D eigenvalue weighted by atomic mass is 10.2. The van der Waals surface area contributed by atoms with Crippen molar-refractivity contribution in [2.75, 3.05) is 0 Å². The number of hydrogen-bond acceptors (Lipinski definition) is 4. The van der Waals surface area contributed by atoms with Crippen LogP contribution in [0.25, 0.3) is 32.1 Å². The Morgan fingerprint density at radius 1 is 1.00 bits per heavy atom. The van der Waals surface area contributed by atoms with Gasteiger partial charge in [-0.3, -0.25) is 4.79 Å². The van der Waals surface area contributed by atoms with Crippen molar-refractivity contribution in [1.82, 2.24) is 19.2 Å². The van der Waals surface area contributed by atoms with Crippen molar-refractivity contribution in [3.63, 3.8) is 0 Å². The zero-order valence-corrected chi connectivity index (χ0v) is 14.9. The highest BCUT2D eigenvalue weighted by Gasteiger charge is 2.14. The van der Waals surface area contributed by atoms with E-state index in [0.29, 0.717) is 15.7 Å². The molecule has 26 heavy (non-hydrogen) atoms. The average molecular weight is 379 g/mol. The van der Waals surface area contributed by atoms with Crippen molar-refractivity contribution in [3.8, 4) is 16.3 Å². The number of halogens is 1. The van der Waals surface area contributed by atoms with Gasteiger partial charge in [-0.2, -0.15) is 9.61 Å². The van der Waals surface area contributed by atoms with Crippen LogP contribution >= 0.6 is 22.9 Å². The second-order valence-corrected chi connectivity index (χ2v) is 7.19. The van der Waals surface area contributed by atoms with Gasteiger partial charge >= 0.3 is 0 Å². The number of hydrogen-bond donors (Lipinski definition) is 0. The van der Waals surface area contributed by atoms with Crippen LogP contribution in [0.3, 0.4) is 0 Å². The minimum Gasteiger partial charge on any atom is -0.310 e. The molecule has 0 saturated carbocycles. The molecule has 0 spiro atoms. The largest absolute Gasteiger partial charge is 0.310 e. The van der Waals surface area contributed by atoms with Crippen LogP contribution in [0.2, 0.25) is 5.02 Å². The van der Waals surface area contributed by atoms with Crippen LogP contribution in [0.15, 0.2) is 71.8 Å². The maximum absolute atomic E-state index is 13.0. The van der Waals surface area contributed by atoms with Gasteiger partial charge in [0, 0.05) is 16.8 Å². The number of benzene rings is 2. The standard InChI is InChI=1S/C19H11ClN4OS/c20-14-7-5-13(6-8-14)17-22-24-18(25)16(11-21-19(24)26-17)23-10-9-12-3-1-2-4-15(12)23/h1-11H. The van der Waals surface area contributed by atoms with Crippen molar-refractivity contribution in [1.29, 1.82) is 0 Å². The summed E-state index contributed by atoms with van der Waals surface area (Å²) in [5.41, 5.74) is 2.13. The zero-order chi connectivity index (χ0) is 17.7. The Balaban J connectivity index is 1.70. The fourth-order valence-electron chi connectivity index (χ4n) is 2.94. The molecule has 7 heteroatoms. The van der Waals surface area contributed by atoms with Crippen LogP contribution in [0.5, 0.6) is 0 Å². The van der Waals surface area contributed by atoms with E-state index in [9.17, 15) is 4.79 Å². The van der Waals surface area contributed by atoms with Gasteiger partial charge < -0.3 is 4.57 Å². The molecule has 0 unspecified atom stereocenters. The summed E-state index contributed by atoms with van der Waals surface area (Å²) in [6, 6.07) is 17.2. The highest BCUT2D eigenvalue weighted by molar-refractivity contribution is 7.19. The first kappa shape index (κ1) is 15.3.